The Hall–Kier alpha value is -1.41. The van der Waals surface area contributed by atoms with Gasteiger partial charge in [-0.25, -0.2) is 4.68 Å². The molecule has 130 valence electrons. The van der Waals surface area contributed by atoms with Crippen molar-refractivity contribution < 1.29 is 9.69 Å². The maximum absolute atomic E-state index is 11.8. The number of quaternary nitrogens is 1. The van der Waals surface area contributed by atoms with E-state index >= 15 is 0 Å². The first-order chi connectivity index (χ1) is 11.3. The number of carbonyl (C=O) groups is 1. The van der Waals surface area contributed by atoms with E-state index in [0.29, 0.717) is 33.9 Å². The molecule has 0 radical (unpaired) electrons. The average molecular weight is 389 g/mol. The topological polar surface area (TPSA) is 67.2 Å². The number of aromatic nitrogens is 3. The van der Waals surface area contributed by atoms with Crippen molar-refractivity contribution in [1.29, 1.82) is 0 Å². The van der Waals surface area contributed by atoms with Crippen molar-refractivity contribution in [2.75, 3.05) is 13.6 Å². The summed E-state index contributed by atoms with van der Waals surface area (Å²) in [4.78, 5) is 17.1. The largest absolute Gasteiger partial charge is 0.349 e. The van der Waals surface area contributed by atoms with Crippen LogP contribution >= 0.6 is 35.4 Å². The van der Waals surface area contributed by atoms with Gasteiger partial charge in [0, 0.05) is 16.6 Å². The molecule has 2 rings (SSSR count). The minimum absolute atomic E-state index is 0.00509. The van der Waals surface area contributed by atoms with Gasteiger partial charge in [0.1, 0.15) is 0 Å². The number of nitrogens with one attached hydrogen (secondary N) is 3. The van der Waals surface area contributed by atoms with Crippen molar-refractivity contribution in [3.63, 3.8) is 0 Å². The van der Waals surface area contributed by atoms with Crippen molar-refractivity contribution in [2.24, 2.45) is 0 Å². The molecular weight excluding hydrogens is 369 g/mol. The minimum atomic E-state index is -0.00509. The van der Waals surface area contributed by atoms with Crippen molar-refractivity contribution in [1.82, 2.24) is 20.1 Å². The van der Waals surface area contributed by atoms with Gasteiger partial charge < -0.3 is 10.2 Å². The van der Waals surface area contributed by atoms with Crippen molar-refractivity contribution in [3.05, 3.63) is 33.0 Å². The van der Waals surface area contributed by atoms with Gasteiger partial charge >= 0.3 is 0 Å². The highest BCUT2D eigenvalue weighted by atomic mass is 35.5. The van der Waals surface area contributed by atoms with Gasteiger partial charge in [0.2, 0.25) is 4.77 Å². The molecule has 0 saturated heterocycles. The Morgan fingerprint density at radius 2 is 2.17 bits per heavy atom. The van der Waals surface area contributed by atoms with E-state index in [4.69, 9.17) is 35.4 Å². The summed E-state index contributed by atoms with van der Waals surface area (Å²) < 4.78 is 2.12. The third-order valence-electron chi connectivity index (χ3n) is 3.21. The standard InChI is InChI=1S/C15H19Cl2N5OS/c1-9(2)18-13(23)7-21(3)8-22-15(24)19-14(20-22)11-5-4-10(16)6-12(11)17/h4-6,9H,7-8H2,1-3H3,(H,18,23)(H,19,20,24)/p+1. The SMILES string of the molecule is CC(C)NC(=O)C[NH+](C)Cn1[nH]c(-c2ccc(Cl)cc2Cl)nc1=S. The van der Waals surface area contributed by atoms with Crippen molar-refractivity contribution >= 4 is 41.3 Å². The lowest BCUT2D eigenvalue weighted by Gasteiger charge is -2.15. The molecule has 0 aliphatic rings. The molecule has 1 amide bonds. The second-order valence-corrected chi connectivity index (χ2v) is 7.13. The van der Waals surface area contributed by atoms with Gasteiger partial charge in [0.15, 0.2) is 19.0 Å². The number of nitrogens with zero attached hydrogens (tertiary/aromatic N) is 2. The summed E-state index contributed by atoms with van der Waals surface area (Å²) >= 11 is 17.4. The zero-order valence-corrected chi connectivity index (χ0v) is 16.0. The molecule has 0 spiro atoms. The summed E-state index contributed by atoms with van der Waals surface area (Å²) in [6.45, 7) is 4.69. The Labute approximate surface area is 155 Å². The number of carbonyl (C=O) groups excluding carboxylic acids is 1. The van der Waals surface area contributed by atoms with E-state index < -0.39 is 0 Å². The second kappa shape index (κ2) is 8.11. The number of likely N-dealkylation sites (N-methyl/N-ethyl adjacent to an activating group) is 1. The summed E-state index contributed by atoms with van der Waals surface area (Å²) in [5, 5.41) is 7.04. The fourth-order valence-corrected chi connectivity index (χ4v) is 2.94. The van der Waals surface area contributed by atoms with Crippen LogP contribution in [0.5, 0.6) is 0 Å². The lowest BCUT2D eigenvalue weighted by molar-refractivity contribution is -0.895. The van der Waals surface area contributed by atoms with E-state index in [9.17, 15) is 4.79 Å². The lowest BCUT2D eigenvalue weighted by Crippen LogP contribution is -3.09. The van der Waals surface area contributed by atoms with Gasteiger partial charge in [-0.05, 0) is 44.3 Å². The van der Waals surface area contributed by atoms with Crippen molar-refractivity contribution in [3.8, 4) is 11.4 Å². The average Bonchev–Trinajstić information content (AvgIpc) is 2.78. The van der Waals surface area contributed by atoms with Crippen LogP contribution in [0.1, 0.15) is 13.8 Å². The van der Waals surface area contributed by atoms with Crippen LogP contribution in [0, 0.1) is 4.77 Å². The van der Waals surface area contributed by atoms with E-state index in [1.807, 2.05) is 20.9 Å². The van der Waals surface area contributed by atoms with Gasteiger partial charge in [-0.2, -0.15) is 4.98 Å². The molecular formula is C15H20Cl2N5OS+. The van der Waals surface area contributed by atoms with E-state index in [1.165, 1.54) is 0 Å². The summed E-state index contributed by atoms with van der Waals surface area (Å²) in [5.74, 6) is 0.565. The zero-order chi connectivity index (χ0) is 17.9. The first-order valence-corrected chi connectivity index (χ1v) is 8.65. The number of hydrogen-bond acceptors (Lipinski definition) is 3. The maximum Gasteiger partial charge on any atom is 0.275 e. The number of hydrogen-bond donors (Lipinski definition) is 3. The summed E-state index contributed by atoms with van der Waals surface area (Å²) in [7, 11) is 1.91. The number of amides is 1. The normalized spacial score (nSPS) is 12.4. The number of rotatable bonds is 6. The van der Waals surface area contributed by atoms with Gasteiger partial charge in [0.05, 0.1) is 12.1 Å². The third-order valence-corrected chi connectivity index (χ3v) is 4.06. The van der Waals surface area contributed by atoms with Crippen molar-refractivity contribution in [2.45, 2.75) is 26.6 Å². The van der Waals surface area contributed by atoms with Gasteiger partial charge in [-0.1, -0.05) is 23.2 Å². The molecule has 0 bridgehead atoms. The molecule has 2 aromatic rings. The molecule has 0 saturated carbocycles. The Morgan fingerprint density at radius 3 is 2.79 bits per heavy atom. The van der Waals surface area contributed by atoms with E-state index in [1.54, 1.807) is 22.9 Å². The van der Waals surface area contributed by atoms with Crippen LogP contribution in [0.25, 0.3) is 11.4 Å². The molecule has 24 heavy (non-hydrogen) atoms. The van der Waals surface area contributed by atoms with Crippen LogP contribution in [0.2, 0.25) is 10.0 Å². The second-order valence-electron chi connectivity index (χ2n) is 5.92. The van der Waals surface area contributed by atoms with Crippen LogP contribution in [-0.2, 0) is 11.5 Å². The molecule has 0 fully saturated rings. The predicted molar refractivity (Wildman–Crippen MR) is 97.9 cm³/mol. The first-order valence-electron chi connectivity index (χ1n) is 7.49. The van der Waals surface area contributed by atoms with Crippen LogP contribution in [0.4, 0.5) is 0 Å². The maximum atomic E-state index is 11.8. The molecule has 0 aliphatic heterocycles. The molecule has 9 heteroatoms. The van der Waals surface area contributed by atoms with Gasteiger partial charge in [0.25, 0.3) is 5.91 Å². The quantitative estimate of drug-likeness (QED) is 0.662. The van der Waals surface area contributed by atoms with E-state index in [2.05, 4.69) is 15.4 Å². The molecule has 1 aromatic carbocycles. The highest BCUT2D eigenvalue weighted by Crippen LogP contribution is 2.27. The highest BCUT2D eigenvalue weighted by Gasteiger charge is 2.14. The van der Waals surface area contributed by atoms with Gasteiger partial charge in [-0.3, -0.25) is 9.89 Å². The smallest absolute Gasteiger partial charge is 0.275 e. The Kier molecular flexibility index (Phi) is 6.40. The molecule has 1 aromatic heterocycles. The number of halogens is 2. The summed E-state index contributed by atoms with van der Waals surface area (Å²) in [6.07, 6.45) is 0. The van der Waals surface area contributed by atoms with Crippen LogP contribution in [0.3, 0.4) is 0 Å². The lowest BCUT2D eigenvalue weighted by atomic mass is 10.2. The van der Waals surface area contributed by atoms with E-state index in [0.717, 1.165) is 10.5 Å². The van der Waals surface area contributed by atoms with Crippen LogP contribution in [-0.4, -0.2) is 40.3 Å². The Morgan fingerprint density at radius 1 is 1.46 bits per heavy atom. The van der Waals surface area contributed by atoms with Gasteiger partial charge in [-0.15, -0.1) is 0 Å². The fourth-order valence-electron chi connectivity index (χ4n) is 2.24. The zero-order valence-electron chi connectivity index (χ0n) is 13.7. The molecule has 1 unspecified atom stereocenters. The number of aromatic amines is 1. The molecule has 0 aliphatic carbocycles. The summed E-state index contributed by atoms with van der Waals surface area (Å²) in [6, 6.07) is 5.31. The monoisotopic (exact) mass is 388 g/mol. The van der Waals surface area contributed by atoms with Crippen LogP contribution in [0.15, 0.2) is 18.2 Å². The summed E-state index contributed by atoms with van der Waals surface area (Å²) in [5.41, 5.74) is 0.723. The Bertz CT molecular complexity index is 786. The predicted octanol–water partition coefficient (Wildman–Crippen LogP) is 1.91. The molecule has 1 heterocycles. The first kappa shape index (κ1) is 18.9. The van der Waals surface area contributed by atoms with Crippen LogP contribution < -0.4 is 10.2 Å². The number of benzene rings is 1. The minimum Gasteiger partial charge on any atom is -0.349 e. The fraction of sp³-hybridized carbons (Fsp3) is 0.400. The molecule has 1 atom stereocenters. The molecule has 6 nitrogen and oxygen atoms in total. The number of H-pyrrole nitrogens is 1. The van der Waals surface area contributed by atoms with E-state index in [-0.39, 0.29) is 11.9 Å². The highest BCUT2D eigenvalue weighted by molar-refractivity contribution is 7.71. The molecule has 3 N–H and O–H groups in total. The Balaban J connectivity index is 2.11. The third kappa shape index (κ3) is 5.04.